The maximum Gasteiger partial charge on any atom is 0.306 e. The summed E-state index contributed by atoms with van der Waals surface area (Å²) in [5, 5.41) is 11.6. The number of ketones is 1. The van der Waals surface area contributed by atoms with E-state index < -0.39 is 12.0 Å². The zero-order valence-electron chi connectivity index (χ0n) is 12.5. The lowest BCUT2D eigenvalue weighted by atomic mass is 9.87. The van der Waals surface area contributed by atoms with Gasteiger partial charge in [0, 0.05) is 13.1 Å². The highest BCUT2D eigenvalue weighted by atomic mass is 16.4. The maximum absolute atomic E-state index is 11.9. The number of likely N-dealkylation sites (tertiary alicyclic amines) is 1. The van der Waals surface area contributed by atoms with Crippen LogP contribution in [0.3, 0.4) is 0 Å². The van der Waals surface area contributed by atoms with E-state index in [4.69, 9.17) is 5.11 Å². The first kappa shape index (κ1) is 16.6. The van der Waals surface area contributed by atoms with Crippen LogP contribution in [-0.2, 0) is 14.4 Å². The van der Waals surface area contributed by atoms with E-state index in [0.29, 0.717) is 13.1 Å². The van der Waals surface area contributed by atoms with E-state index in [1.54, 1.807) is 6.92 Å². The third-order valence-electron chi connectivity index (χ3n) is 3.87. The van der Waals surface area contributed by atoms with Crippen LogP contribution in [0.15, 0.2) is 0 Å². The quantitative estimate of drug-likeness (QED) is 0.705. The van der Waals surface area contributed by atoms with E-state index in [2.05, 4.69) is 5.32 Å². The van der Waals surface area contributed by atoms with Gasteiger partial charge >= 0.3 is 5.97 Å². The van der Waals surface area contributed by atoms with Gasteiger partial charge in [-0.05, 0) is 18.8 Å². The van der Waals surface area contributed by atoms with Crippen molar-refractivity contribution in [3.8, 4) is 0 Å². The van der Waals surface area contributed by atoms with Gasteiger partial charge in [-0.15, -0.1) is 0 Å². The van der Waals surface area contributed by atoms with Crippen molar-refractivity contribution in [1.29, 1.82) is 0 Å². The number of hydrogen-bond donors (Lipinski definition) is 2. The van der Waals surface area contributed by atoms with E-state index in [1.807, 2.05) is 18.7 Å². The Balaban J connectivity index is 2.35. The third-order valence-corrected chi connectivity index (χ3v) is 3.87. The number of carboxylic acid groups (broad SMARTS) is 1. The zero-order chi connectivity index (χ0) is 15.4. The van der Waals surface area contributed by atoms with Crippen LogP contribution in [0.25, 0.3) is 0 Å². The Hall–Kier alpha value is -1.43. The van der Waals surface area contributed by atoms with Gasteiger partial charge in [-0.3, -0.25) is 19.3 Å². The number of hydrogen-bond acceptors (Lipinski definition) is 4. The summed E-state index contributed by atoms with van der Waals surface area (Å²) in [6, 6.07) is -0.447. The van der Waals surface area contributed by atoms with Crippen molar-refractivity contribution in [1.82, 2.24) is 10.2 Å². The molecule has 1 fully saturated rings. The summed E-state index contributed by atoms with van der Waals surface area (Å²) in [5.74, 6) is -1.23. The molecule has 1 amide bonds. The fourth-order valence-corrected chi connectivity index (χ4v) is 2.42. The van der Waals surface area contributed by atoms with Gasteiger partial charge in [-0.2, -0.15) is 0 Å². The first-order valence-electron chi connectivity index (χ1n) is 6.97. The summed E-state index contributed by atoms with van der Waals surface area (Å²) in [6.07, 6.45) is 0. The van der Waals surface area contributed by atoms with Crippen molar-refractivity contribution in [2.24, 2.45) is 17.8 Å². The van der Waals surface area contributed by atoms with Crippen molar-refractivity contribution in [2.45, 2.75) is 33.7 Å². The molecular formula is C14H24N2O4. The number of nitrogens with zero attached hydrogens (tertiary/aromatic N) is 1. The molecule has 0 aromatic heterocycles. The van der Waals surface area contributed by atoms with Gasteiger partial charge in [0.1, 0.15) is 0 Å². The average Bonchev–Trinajstić information content (AvgIpc) is 2.28. The van der Waals surface area contributed by atoms with E-state index in [1.165, 1.54) is 6.92 Å². The molecule has 0 aromatic carbocycles. The van der Waals surface area contributed by atoms with E-state index in [-0.39, 0.29) is 36.0 Å². The van der Waals surface area contributed by atoms with Gasteiger partial charge < -0.3 is 10.4 Å². The molecule has 2 unspecified atom stereocenters. The first-order chi connectivity index (χ1) is 9.22. The molecule has 0 bridgehead atoms. The molecule has 1 saturated heterocycles. The highest BCUT2D eigenvalue weighted by Crippen LogP contribution is 2.23. The largest absolute Gasteiger partial charge is 0.481 e. The smallest absolute Gasteiger partial charge is 0.306 e. The summed E-state index contributed by atoms with van der Waals surface area (Å²) >= 11 is 0. The van der Waals surface area contributed by atoms with Gasteiger partial charge in [-0.1, -0.05) is 20.8 Å². The number of carbonyl (C=O) groups is 3. The Labute approximate surface area is 119 Å². The van der Waals surface area contributed by atoms with E-state index in [0.717, 1.165) is 0 Å². The van der Waals surface area contributed by atoms with Crippen LogP contribution in [0.2, 0.25) is 0 Å². The Morgan fingerprint density at radius 1 is 1.25 bits per heavy atom. The van der Waals surface area contributed by atoms with Gasteiger partial charge in [0.15, 0.2) is 5.78 Å². The van der Waals surface area contributed by atoms with Crippen LogP contribution in [-0.4, -0.2) is 53.3 Å². The van der Waals surface area contributed by atoms with Crippen LogP contribution in [0.5, 0.6) is 0 Å². The molecule has 0 aliphatic carbocycles. The van der Waals surface area contributed by atoms with Gasteiger partial charge in [-0.25, -0.2) is 0 Å². The van der Waals surface area contributed by atoms with Crippen molar-refractivity contribution in [3.63, 3.8) is 0 Å². The number of rotatable bonds is 7. The average molecular weight is 284 g/mol. The minimum Gasteiger partial charge on any atom is -0.481 e. The van der Waals surface area contributed by atoms with E-state index >= 15 is 0 Å². The lowest BCUT2D eigenvalue weighted by Gasteiger charge is -2.40. The van der Waals surface area contributed by atoms with Crippen LogP contribution < -0.4 is 5.32 Å². The molecule has 1 aliphatic heterocycles. The minimum atomic E-state index is -0.796. The number of carbonyl (C=O) groups excluding carboxylic acids is 2. The maximum atomic E-state index is 11.9. The Morgan fingerprint density at radius 3 is 2.20 bits per heavy atom. The topological polar surface area (TPSA) is 86.7 Å². The number of Topliss-reactive ketones (excluding diaryl/α,β-unsaturated/α-hetero) is 1. The first-order valence-corrected chi connectivity index (χ1v) is 6.97. The SMILES string of the molecule is CC(=O)C(NC(=O)CN1CC(C(C)C(=O)O)C1)C(C)C. The summed E-state index contributed by atoms with van der Waals surface area (Å²) in [7, 11) is 0. The molecule has 0 spiro atoms. The molecule has 1 heterocycles. The van der Waals surface area contributed by atoms with Crippen molar-refractivity contribution in [2.75, 3.05) is 19.6 Å². The summed E-state index contributed by atoms with van der Waals surface area (Å²) < 4.78 is 0. The van der Waals surface area contributed by atoms with Gasteiger partial charge in [0.05, 0.1) is 18.5 Å². The lowest BCUT2D eigenvalue weighted by molar-refractivity contribution is -0.145. The summed E-state index contributed by atoms with van der Waals surface area (Å²) in [6.45, 7) is 8.40. The molecule has 6 nitrogen and oxygen atoms in total. The highest BCUT2D eigenvalue weighted by molar-refractivity contribution is 5.88. The molecule has 6 heteroatoms. The number of aliphatic carboxylic acids is 1. The molecule has 114 valence electrons. The Kier molecular flexibility index (Phi) is 5.68. The Morgan fingerprint density at radius 2 is 1.80 bits per heavy atom. The third kappa shape index (κ3) is 4.30. The minimum absolute atomic E-state index is 0.0469. The standard InChI is InChI=1S/C14H24N2O4/c1-8(2)13(10(4)17)15-12(18)7-16-5-11(6-16)9(3)14(19)20/h8-9,11,13H,5-7H2,1-4H3,(H,15,18)(H,19,20). The number of carboxylic acids is 1. The Bertz CT molecular complexity index is 389. The molecule has 0 saturated carbocycles. The normalized spacial score (nSPS) is 19.2. The van der Waals surface area contributed by atoms with Crippen molar-refractivity contribution in [3.05, 3.63) is 0 Å². The second-order valence-corrected chi connectivity index (χ2v) is 5.98. The van der Waals surface area contributed by atoms with Crippen molar-refractivity contribution < 1.29 is 19.5 Å². The van der Waals surface area contributed by atoms with Crippen molar-refractivity contribution >= 4 is 17.7 Å². The molecule has 20 heavy (non-hydrogen) atoms. The molecular weight excluding hydrogens is 260 g/mol. The van der Waals surface area contributed by atoms with Crippen LogP contribution in [0, 0.1) is 17.8 Å². The highest BCUT2D eigenvalue weighted by Gasteiger charge is 2.35. The van der Waals surface area contributed by atoms with Crippen LogP contribution in [0.1, 0.15) is 27.7 Å². The van der Waals surface area contributed by atoms with Crippen LogP contribution in [0.4, 0.5) is 0 Å². The lowest BCUT2D eigenvalue weighted by Crippen LogP contribution is -2.55. The predicted molar refractivity (Wildman–Crippen MR) is 74.2 cm³/mol. The molecule has 1 rings (SSSR count). The molecule has 2 atom stereocenters. The van der Waals surface area contributed by atoms with Crippen LogP contribution >= 0.6 is 0 Å². The predicted octanol–water partition coefficient (Wildman–Crippen LogP) is 0.369. The number of amides is 1. The van der Waals surface area contributed by atoms with Gasteiger partial charge in [0.2, 0.25) is 5.91 Å². The fourth-order valence-electron chi connectivity index (χ4n) is 2.42. The zero-order valence-corrected chi connectivity index (χ0v) is 12.5. The molecule has 0 aromatic rings. The van der Waals surface area contributed by atoms with E-state index in [9.17, 15) is 14.4 Å². The molecule has 2 N–H and O–H groups in total. The summed E-state index contributed by atoms with van der Waals surface area (Å²) in [5.41, 5.74) is 0. The summed E-state index contributed by atoms with van der Waals surface area (Å²) in [4.78, 5) is 36.0. The molecule has 0 radical (unpaired) electrons. The second kappa shape index (κ2) is 6.83. The monoisotopic (exact) mass is 284 g/mol. The second-order valence-electron chi connectivity index (χ2n) is 5.98. The molecule has 1 aliphatic rings. The van der Waals surface area contributed by atoms with Gasteiger partial charge in [0.25, 0.3) is 0 Å². The fraction of sp³-hybridized carbons (Fsp3) is 0.786. The number of nitrogens with one attached hydrogen (secondary N) is 1.